The lowest BCUT2D eigenvalue weighted by Gasteiger charge is -2.19. The maximum absolute atomic E-state index is 13.4. The smallest absolute Gasteiger partial charge is 0.325 e. The molecule has 0 aliphatic carbocycles. The summed E-state index contributed by atoms with van der Waals surface area (Å²) in [5.74, 6) is -1.55. The largest absolute Gasteiger partial charge is 0.481 e. The summed E-state index contributed by atoms with van der Waals surface area (Å²) in [4.78, 5) is 27.6. The molecule has 0 bridgehead atoms. The van der Waals surface area contributed by atoms with Crippen molar-refractivity contribution in [3.8, 4) is 16.9 Å². The molecule has 3 aromatic carbocycles. The average Bonchev–Trinajstić information content (AvgIpc) is 3.41. The van der Waals surface area contributed by atoms with Crippen molar-refractivity contribution in [2.75, 3.05) is 10.6 Å². The third kappa shape index (κ3) is 6.68. The lowest BCUT2D eigenvalue weighted by atomic mass is 10.0. The zero-order valence-corrected chi connectivity index (χ0v) is 21.1. The number of urea groups is 1. The lowest BCUT2D eigenvalue weighted by molar-refractivity contribution is -0.140. The molecule has 0 aliphatic heterocycles. The topological polar surface area (TPSA) is 180 Å². The summed E-state index contributed by atoms with van der Waals surface area (Å²) in [6, 6.07) is 17.3. The molecule has 38 heavy (non-hydrogen) atoms. The van der Waals surface area contributed by atoms with E-state index in [1.54, 1.807) is 54.6 Å². The monoisotopic (exact) mass is 555 g/mol. The van der Waals surface area contributed by atoms with E-state index < -0.39 is 39.4 Å². The van der Waals surface area contributed by atoms with Gasteiger partial charge in [0.05, 0.1) is 12.5 Å². The van der Waals surface area contributed by atoms with Crippen LogP contribution < -0.4 is 20.2 Å². The molecule has 0 radical (unpaired) electrons. The second-order valence-corrected chi connectivity index (χ2v) is 10.4. The molecule has 196 valence electrons. The van der Waals surface area contributed by atoms with Gasteiger partial charge in [0.25, 0.3) is 0 Å². The van der Waals surface area contributed by atoms with Gasteiger partial charge in [0, 0.05) is 5.69 Å². The minimum Gasteiger partial charge on any atom is -0.481 e. The van der Waals surface area contributed by atoms with Crippen molar-refractivity contribution in [3.05, 3.63) is 83.9 Å². The molecule has 0 saturated carbocycles. The number of hydrogen-bond acceptors (Lipinski definition) is 9. The first-order valence-electron chi connectivity index (χ1n) is 10.9. The summed E-state index contributed by atoms with van der Waals surface area (Å²) < 4.78 is 29.1. The first-order chi connectivity index (χ1) is 18.2. The maximum atomic E-state index is 13.4. The van der Waals surface area contributed by atoms with E-state index in [2.05, 4.69) is 30.4 Å². The minimum absolute atomic E-state index is 0.317. The molecule has 14 heteroatoms. The van der Waals surface area contributed by atoms with Crippen LogP contribution in [-0.2, 0) is 14.8 Å². The molecule has 4 aromatic rings. The number of carboxylic acid groups (broad SMARTS) is 1. The van der Waals surface area contributed by atoms with Crippen LogP contribution in [0.2, 0.25) is 0 Å². The standard InChI is InChI=1S/C24H21N5O7S2/c30-22(31)13-19(15-5-2-1-3-6-15)29-38(34,35)21-12-17(9-10-20(21)36-33)16-7-4-8-18(11-16)26-23(32)27-24-28-25-14-37-24/h1-12,14,19,29,33H,13H2,(H,30,31)(H2,26,27,28,32). The van der Waals surface area contributed by atoms with Gasteiger partial charge < -0.3 is 15.3 Å². The number of aliphatic carboxylic acids is 1. The summed E-state index contributed by atoms with van der Waals surface area (Å²) in [5, 5.41) is 31.6. The predicted octanol–water partition coefficient (Wildman–Crippen LogP) is 4.20. The van der Waals surface area contributed by atoms with E-state index in [1.165, 1.54) is 23.7 Å². The zero-order chi connectivity index (χ0) is 27.1. The number of sulfonamides is 1. The molecule has 1 unspecified atom stereocenters. The van der Waals surface area contributed by atoms with Crippen LogP contribution >= 0.6 is 11.3 Å². The zero-order valence-electron chi connectivity index (χ0n) is 19.4. The van der Waals surface area contributed by atoms with Crippen molar-refractivity contribution in [1.29, 1.82) is 0 Å². The fraction of sp³-hybridized carbons (Fsp3) is 0.0833. The van der Waals surface area contributed by atoms with E-state index in [0.29, 0.717) is 27.5 Å². The number of carbonyl (C=O) groups excluding carboxylic acids is 1. The Hall–Kier alpha value is -4.37. The summed E-state index contributed by atoms with van der Waals surface area (Å²) in [6.45, 7) is 0. The Balaban J connectivity index is 1.62. The molecule has 0 saturated heterocycles. The van der Waals surface area contributed by atoms with Crippen LogP contribution in [0.1, 0.15) is 18.0 Å². The highest BCUT2D eigenvalue weighted by Gasteiger charge is 2.27. The highest BCUT2D eigenvalue weighted by molar-refractivity contribution is 7.89. The van der Waals surface area contributed by atoms with Gasteiger partial charge in [-0.3, -0.25) is 10.1 Å². The van der Waals surface area contributed by atoms with Gasteiger partial charge in [-0.05, 0) is 41.0 Å². The van der Waals surface area contributed by atoms with Crippen LogP contribution in [0, 0.1) is 0 Å². The maximum Gasteiger partial charge on any atom is 0.325 e. The number of nitrogens with one attached hydrogen (secondary N) is 3. The Kier molecular flexibility index (Phi) is 8.28. The van der Waals surface area contributed by atoms with Crippen LogP contribution in [-0.4, -0.2) is 41.0 Å². The van der Waals surface area contributed by atoms with Crippen molar-refractivity contribution in [2.24, 2.45) is 0 Å². The van der Waals surface area contributed by atoms with Gasteiger partial charge in [-0.25, -0.2) is 23.2 Å². The molecule has 12 nitrogen and oxygen atoms in total. The molecule has 0 fully saturated rings. The van der Waals surface area contributed by atoms with Crippen molar-refractivity contribution >= 4 is 44.2 Å². The Bertz CT molecular complexity index is 1530. The highest BCUT2D eigenvalue weighted by atomic mass is 32.2. The van der Waals surface area contributed by atoms with Gasteiger partial charge in [-0.1, -0.05) is 59.9 Å². The van der Waals surface area contributed by atoms with Crippen LogP contribution in [0.3, 0.4) is 0 Å². The second-order valence-electron chi connectivity index (χ2n) is 7.84. The third-order valence-electron chi connectivity index (χ3n) is 5.24. The molecule has 4 rings (SSSR count). The first-order valence-corrected chi connectivity index (χ1v) is 13.3. The molecular weight excluding hydrogens is 534 g/mol. The Morgan fingerprint density at radius 2 is 1.74 bits per heavy atom. The van der Waals surface area contributed by atoms with E-state index in [1.807, 2.05) is 0 Å². The Morgan fingerprint density at radius 3 is 2.42 bits per heavy atom. The van der Waals surface area contributed by atoms with E-state index in [-0.39, 0.29) is 5.75 Å². The van der Waals surface area contributed by atoms with Gasteiger partial charge in [0.15, 0.2) is 5.75 Å². The molecule has 1 heterocycles. The number of nitrogens with zero attached hydrogens (tertiary/aromatic N) is 2. The van der Waals surface area contributed by atoms with Crippen molar-refractivity contribution in [3.63, 3.8) is 0 Å². The van der Waals surface area contributed by atoms with Crippen molar-refractivity contribution < 1.29 is 33.3 Å². The molecule has 1 aromatic heterocycles. The first kappa shape index (κ1) is 26.7. The number of rotatable bonds is 10. The summed E-state index contributed by atoms with van der Waals surface area (Å²) in [7, 11) is -4.37. The Morgan fingerprint density at radius 1 is 0.974 bits per heavy atom. The lowest BCUT2D eigenvalue weighted by Crippen LogP contribution is -2.30. The normalized spacial score (nSPS) is 11.9. The van der Waals surface area contributed by atoms with Crippen LogP contribution in [0.4, 0.5) is 15.6 Å². The summed E-state index contributed by atoms with van der Waals surface area (Å²) in [6.07, 6.45) is -0.509. The average molecular weight is 556 g/mol. The number of carbonyl (C=O) groups is 2. The van der Waals surface area contributed by atoms with Crippen LogP contribution in [0.15, 0.2) is 83.2 Å². The van der Waals surface area contributed by atoms with E-state index in [0.717, 1.165) is 11.3 Å². The van der Waals surface area contributed by atoms with Crippen LogP contribution in [0.5, 0.6) is 5.75 Å². The SMILES string of the molecule is O=C(O)CC(NS(=O)(=O)c1cc(-c2cccc(NC(=O)Nc3nncs3)c2)ccc1OO)c1ccccc1. The number of benzene rings is 3. The molecule has 1 atom stereocenters. The van der Waals surface area contributed by atoms with Gasteiger partial charge in [-0.15, -0.1) is 10.2 Å². The fourth-order valence-corrected chi connectivity index (χ4v) is 5.39. The summed E-state index contributed by atoms with van der Waals surface area (Å²) >= 11 is 1.15. The second kappa shape index (κ2) is 11.8. The molecule has 0 spiro atoms. The Labute approximate surface area is 220 Å². The predicted molar refractivity (Wildman–Crippen MR) is 139 cm³/mol. The fourth-order valence-electron chi connectivity index (χ4n) is 3.57. The number of aromatic nitrogens is 2. The van der Waals surface area contributed by atoms with E-state index in [4.69, 9.17) is 0 Å². The summed E-state index contributed by atoms with van der Waals surface area (Å²) in [5.41, 5.74) is 3.31. The van der Waals surface area contributed by atoms with Gasteiger partial charge in [-0.2, -0.15) is 0 Å². The minimum atomic E-state index is -4.37. The molecule has 5 N–H and O–H groups in total. The van der Waals surface area contributed by atoms with Crippen molar-refractivity contribution in [2.45, 2.75) is 17.4 Å². The van der Waals surface area contributed by atoms with Gasteiger partial charge in [0.1, 0.15) is 10.4 Å². The number of anilines is 2. The number of carboxylic acids is 1. The highest BCUT2D eigenvalue weighted by Crippen LogP contribution is 2.32. The van der Waals surface area contributed by atoms with Crippen LogP contribution in [0.25, 0.3) is 11.1 Å². The van der Waals surface area contributed by atoms with Gasteiger partial charge in [0.2, 0.25) is 15.2 Å². The molecule has 2 amide bonds. The van der Waals surface area contributed by atoms with Crippen molar-refractivity contribution in [1.82, 2.24) is 14.9 Å². The van der Waals surface area contributed by atoms with Gasteiger partial charge >= 0.3 is 12.0 Å². The number of hydrogen-bond donors (Lipinski definition) is 5. The molecular formula is C24H21N5O7S2. The third-order valence-corrected chi connectivity index (χ3v) is 7.34. The van der Waals surface area contributed by atoms with E-state index >= 15 is 0 Å². The van der Waals surface area contributed by atoms with E-state index in [9.17, 15) is 28.4 Å². The number of amides is 2. The quantitative estimate of drug-likeness (QED) is 0.142. The molecule has 0 aliphatic rings.